The Hall–Kier alpha value is -2.73. The first-order valence-electron chi connectivity index (χ1n) is 8.33. The molecule has 0 aliphatic carbocycles. The van der Waals surface area contributed by atoms with Gasteiger partial charge < -0.3 is 5.11 Å². The lowest BCUT2D eigenvalue weighted by Gasteiger charge is -2.27. The van der Waals surface area contributed by atoms with E-state index in [9.17, 15) is 19.1 Å². The number of aliphatic carboxylic acids is 1. The smallest absolute Gasteiger partial charge is 0.323 e. The standard InChI is InChI=1S/C20H18ClFN2O3/c1-20(2,22)18-19(27)24(11-16(25)26)15-9-8-13(21)10-14(15)17(23-18)12-6-4-3-5-7-12/h3-10,18H,11H2,1-2H3,(H,25,26). The van der Waals surface area contributed by atoms with Crippen molar-refractivity contribution in [1.82, 2.24) is 0 Å². The molecule has 1 aliphatic heterocycles. The molecular formula is C20H18ClFN2O3. The van der Waals surface area contributed by atoms with Gasteiger partial charge in [0.2, 0.25) is 0 Å². The SMILES string of the molecule is CC(C)(F)C1N=C(c2ccccc2)c2cc(Cl)ccc2N(CC(=O)O)C1=O. The Morgan fingerprint density at radius 1 is 1.26 bits per heavy atom. The van der Waals surface area contributed by atoms with Crippen molar-refractivity contribution in [1.29, 1.82) is 0 Å². The number of fused-ring (bicyclic) bond motifs is 1. The van der Waals surface area contributed by atoms with E-state index in [4.69, 9.17) is 11.6 Å². The van der Waals surface area contributed by atoms with E-state index < -0.39 is 30.1 Å². The van der Waals surface area contributed by atoms with Crippen molar-refractivity contribution >= 4 is 34.9 Å². The molecule has 0 radical (unpaired) electrons. The number of alkyl halides is 1. The predicted octanol–water partition coefficient (Wildman–Crippen LogP) is 3.73. The molecule has 27 heavy (non-hydrogen) atoms. The van der Waals surface area contributed by atoms with Gasteiger partial charge in [-0.2, -0.15) is 0 Å². The second-order valence-electron chi connectivity index (χ2n) is 6.79. The van der Waals surface area contributed by atoms with Crippen molar-refractivity contribution in [2.45, 2.75) is 25.6 Å². The lowest BCUT2D eigenvalue weighted by molar-refractivity contribution is -0.137. The topological polar surface area (TPSA) is 70.0 Å². The van der Waals surface area contributed by atoms with Gasteiger partial charge in [0.1, 0.15) is 12.2 Å². The molecule has 140 valence electrons. The molecular weight excluding hydrogens is 371 g/mol. The largest absolute Gasteiger partial charge is 0.480 e. The number of anilines is 1. The summed E-state index contributed by atoms with van der Waals surface area (Å²) in [5.41, 5.74) is -0.0961. The van der Waals surface area contributed by atoms with E-state index in [2.05, 4.69) is 4.99 Å². The number of nitrogens with zero attached hydrogens (tertiary/aromatic N) is 2. The number of carboxylic acids is 1. The van der Waals surface area contributed by atoms with E-state index in [1.54, 1.807) is 42.5 Å². The van der Waals surface area contributed by atoms with Crippen molar-refractivity contribution in [2.75, 3.05) is 11.4 Å². The minimum Gasteiger partial charge on any atom is -0.480 e. The van der Waals surface area contributed by atoms with Crippen molar-refractivity contribution < 1.29 is 19.1 Å². The molecule has 1 heterocycles. The molecule has 5 nitrogen and oxygen atoms in total. The molecule has 0 saturated carbocycles. The molecule has 0 saturated heterocycles. The zero-order valence-electron chi connectivity index (χ0n) is 14.8. The fraction of sp³-hybridized carbons (Fsp3) is 0.250. The fourth-order valence-electron chi connectivity index (χ4n) is 3.03. The second-order valence-corrected chi connectivity index (χ2v) is 7.23. The monoisotopic (exact) mass is 388 g/mol. The average molecular weight is 389 g/mol. The fourth-order valence-corrected chi connectivity index (χ4v) is 3.20. The van der Waals surface area contributed by atoms with Crippen LogP contribution in [0.25, 0.3) is 0 Å². The summed E-state index contributed by atoms with van der Waals surface area (Å²) in [7, 11) is 0. The van der Waals surface area contributed by atoms with Crippen LogP contribution in [0.5, 0.6) is 0 Å². The van der Waals surface area contributed by atoms with Gasteiger partial charge in [0.25, 0.3) is 5.91 Å². The van der Waals surface area contributed by atoms with E-state index in [-0.39, 0.29) is 0 Å². The maximum Gasteiger partial charge on any atom is 0.323 e. The van der Waals surface area contributed by atoms with E-state index in [0.717, 1.165) is 4.90 Å². The Bertz CT molecular complexity index is 923. The number of halogens is 2. The van der Waals surface area contributed by atoms with E-state index >= 15 is 0 Å². The summed E-state index contributed by atoms with van der Waals surface area (Å²) in [4.78, 5) is 29.9. The molecule has 0 aromatic heterocycles. The van der Waals surface area contributed by atoms with Gasteiger partial charge in [-0.25, -0.2) is 4.39 Å². The molecule has 0 spiro atoms. The van der Waals surface area contributed by atoms with Crippen LogP contribution < -0.4 is 4.90 Å². The normalized spacial score (nSPS) is 17.2. The Morgan fingerprint density at radius 2 is 1.93 bits per heavy atom. The van der Waals surface area contributed by atoms with Gasteiger partial charge in [-0.1, -0.05) is 41.9 Å². The summed E-state index contributed by atoms with van der Waals surface area (Å²) in [6, 6.07) is 12.4. The van der Waals surface area contributed by atoms with Gasteiger partial charge in [0, 0.05) is 16.1 Å². The quantitative estimate of drug-likeness (QED) is 0.867. The van der Waals surface area contributed by atoms with Gasteiger partial charge in [-0.3, -0.25) is 19.5 Å². The summed E-state index contributed by atoms with van der Waals surface area (Å²) in [6.07, 6.45) is 0. The molecule has 2 aromatic carbocycles. The molecule has 3 rings (SSSR count). The van der Waals surface area contributed by atoms with Gasteiger partial charge in [-0.05, 0) is 32.0 Å². The summed E-state index contributed by atoms with van der Waals surface area (Å²) >= 11 is 6.15. The Labute approximate surface area is 161 Å². The molecule has 7 heteroatoms. The zero-order chi connectivity index (χ0) is 19.8. The lowest BCUT2D eigenvalue weighted by atomic mass is 9.99. The molecule has 2 aromatic rings. The van der Waals surface area contributed by atoms with Gasteiger partial charge >= 0.3 is 5.97 Å². The number of amides is 1. The van der Waals surface area contributed by atoms with Crippen LogP contribution in [0.2, 0.25) is 5.02 Å². The first kappa shape index (κ1) is 19.0. The number of rotatable bonds is 4. The van der Waals surface area contributed by atoms with Crippen LogP contribution in [-0.2, 0) is 9.59 Å². The number of carbonyl (C=O) groups excluding carboxylic acids is 1. The van der Waals surface area contributed by atoms with Gasteiger partial charge in [-0.15, -0.1) is 0 Å². The van der Waals surface area contributed by atoms with Crippen molar-refractivity contribution in [3.63, 3.8) is 0 Å². The number of benzodiazepines with no additional fused rings is 1. The number of hydrogen-bond acceptors (Lipinski definition) is 3. The molecule has 1 atom stereocenters. The molecule has 1 unspecified atom stereocenters. The third-order valence-electron chi connectivity index (χ3n) is 4.25. The van der Waals surface area contributed by atoms with Crippen LogP contribution >= 0.6 is 11.6 Å². The highest BCUT2D eigenvalue weighted by Crippen LogP contribution is 2.34. The summed E-state index contributed by atoms with van der Waals surface area (Å²) in [5.74, 6) is -1.91. The highest BCUT2D eigenvalue weighted by molar-refractivity contribution is 6.32. The third-order valence-corrected chi connectivity index (χ3v) is 4.49. The average Bonchev–Trinajstić information content (AvgIpc) is 2.70. The van der Waals surface area contributed by atoms with E-state index in [1.807, 2.05) is 6.07 Å². The maximum absolute atomic E-state index is 14.9. The third kappa shape index (κ3) is 3.85. The first-order chi connectivity index (χ1) is 12.7. The number of benzene rings is 2. The highest BCUT2D eigenvalue weighted by atomic mass is 35.5. The zero-order valence-corrected chi connectivity index (χ0v) is 15.6. The minimum absolute atomic E-state index is 0.334. The van der Waals surface area contributed by atoms with Crippen LogP contribution in [0.15, 0.2) is 53.5 Å². The van der Waals surface area contributed by atoms with Crippen molar-refractivity contribution in [3.8, 4) is 0 Å². The molecule has 0 fully saturated rings. The second kappa shape index (κ2) is 7.12. The molecule has 1 aliphatic rings. The van der Waals surface area contributed by atoms with Crippen molar-refractivity contribution in [3.05, 3.63) is 64.7 Å². The van der Waals surface area contributed by atoms with Crippen LogP contribution in [-0.4, -0.2) is 41.0 Å². The van der Waals surface area contributed by atoms with E-state index in [0.29, 0.717) is 27.5 Å². The summed E-state index contributed by atoms with van der Waals surface area (Å²) < 4.78 is 14.9. The Morgan fingerprint density at radius 3 is 2.52 bits per heavy atom. The molecule has 1 N–H and O–H groups in total. The Balaban J connectivity index is 2.31. The number of hydrogen-bond donors (Lipinski definition) is 1. The van der Waals surface area contributed by atoms with E-state index in [1.165, 1.54) is 13.8 Å². The summed E-state index contributed by atoms with van der Waals surface area (Å²) in [6.45, 7) is 1.91. The van der Waals surface area contributed by atoms with Crippen LogP contribution in [0, 0.1) is 0 Å². The van der Waals surface area contributed by atoms with Crippen LogP contribution in [0.1, 0.15) is 25.0 Å². The van der Waals surface area contributed by atoms with Crippen LogP contribution in [0.3, 0.4) is 0 Å². The van der Waals surface area contributed by atoms with Crippen LogP contribution in [0.4, 0.5) is 10.1 Å². The number of carbonyl (C=O) groups is 2. The van der Waals surface area contributed by atoms with Gasteiger partial charge in [0.15, 0.2) is 6.04 Å². The lowest BCUT2D eigenvalue weighted by Crippen LogP contribution is -2.48. The maximum atomic E-state index is 14.9. The Kier molecular flexibility index (Phi) is 5.02. The molecule has 1 amide bonds. The van der Waals surface area contributed by atoms with Gasteiger partial charge in [0.05, 0.1) is 11.4 Å². The molecule has 0 bridgehead atoms. The first-order valence-corrected chi connectivity index (χ1v) is 8.71. The predicted molar refractivity (Wildman–Crippen MR) is 102 cm³/mol. The number of aliphatic imine (C=N–C) groups is 1. The minimum atomic E-state index is -1.99. The van der Waals surface area contributed by atoms with Crippen molar-refractivity contribution in [2.24, 2.45) is 4.99 Å². The highest BCUT2D eigenvalue weighted by Gasteiger charge is 2.42. The number of carboxylic acid groups (broad SMARTS) is 1. The summed E-state index contributed by atoms with van der Waals surface area (Å²) in [5, 5.41) is 9.68.